The number of anilines is 3. The molecule has 0 bridgehead atoms. The maximum Gasteiger partial charge on any atom is 0.136 e. The van der Waals surface area contributed by atoms with Crippen LogP contribution in [0.15, 0.2) is 205 Å². The number of para-hydroxylation sites is 2. The van der Waals surface area contributed by atoms with Crippen molar-refractivity contribution >= 4 is 71.3 Å². The van der Waals surface area contributed by atoms with Gasteiger partial charge in [0, 0.05) is 38.5 Å². The van der Waals surface area contributed by atoms with Crippen molar-refractivity contribution in [3.63, 3.8) is 0 Å². The predicted octanol–water partition coefficient (Wildman–Crippen LogP) is 16.2. The number of furan rings is 1. The molecule has 11 aromatic rings. The van der Waals surface area contributed by atoms with Gasteiger partial charge in [-0.25, -0.2) is 0 Å². The Morgan fingerprint density at radius 1 is 0.356 bits per heavy atom. The van der Waals surface area contributed by atoms with Crippen LogP contribution in [0, 0.1) is 0 Å². The van der Waals surface area contributed by atoms with Crippen LogP contribution in [0.1, 0.15) is 25.0 Å². The van der Waals surface area contributed by atoms with E-state index in [1.54, 1.807) is 0 Å². The van der Waals surface area contributed by atoms with Crippen LogP contribution >= 0.6 is 0 Å². The molecule has 1 aromatic heterocycles. The molecule has 1 heterocycles. The van der Waals surface area contributed by atoms with Crippen LogP contribution in [-0.4, -0.2) is 0 Å². The van der Waals surface area contributed by atoms with Crippen molar-refractivity contribution in [2.75, 3.05) is 4.90 Å². The first-order valence-corrected chi connectivity index (χ1v) is 20.5. The minimum Gasteiger partial charge on any atom is -0.456 e. The zero-order valence-electron chi connectivity index (χ0n) is 32.9. The van der Waals surface area contributed by atoms with Crippen molar-refractivity contribution in [1.29, 1.82) is 0 Å². The van der Waals surface area contributed by atoms with E-state index in [1.165, 1.54) is 82.2 Å². The number of fused-ring (bicyclic) bond motifs is 13. The Labute approximate surface area is 343 Å². The molecule has 59 heavy (non-hydrogen) atoms. The fourth-order valence-electron chi connectivity index (χ4n) is 10.1. The zero-order chi connectivity index (χ0) is 39.2. The maximum atomic E-state index is 6.38. The topological polar surface area (TPSA) is 16.4 Å². The molecule has 0 spiro atoms. The minimum atomic E-state index is -0.117. The summed E-state index contributed by atoms with van der Waals surface area (Å²) < 4.78 is 6.38. The third kappa shape index (κ3) is 5.00. The summed E-state index contributed by atoms with van der Waals surface area (Å²) in [7, 11) is 0. The molecular weight excluding hydrogens is 715 g/mol. The normalized spacial score (nSPS) is 13.1. The van der Waals surface area contributed by atoms with Gasteiger partial charge in [0.05, 0.1) is 5.69 Å². The van der Waals surface area contributed by atoms with E-state index in [9.17, 15) is 0 Å². The highest BCUT2D eigenvalue weighted by Gasteiger charge is 2.36. The van der Waals surface area contributed by atoms with E-state index in [2.05, 4.69) is 213 Å². The third-order valence-electron chi connectivity index (χ3n) is 12.9. The standard InChI is InChI=1S/C57H39NO/c1-57(2)49-24-11-8-18-42(49)43-32-31-39(35-50(43)57)58(51-25-12-9-17-40(51)36-15-4-3-5-16-36)38-29-27-37(28-30-38)41-22-14-23-45-47-33-34-53-56(48-21-10-13-26-52(48)59-53)55(47)46-20-7-6-19-44(46)54(41)45/h3-35H,1-2H3. The summed E-state index contributed by atoms with van der Waals surface area (Å²) in [6, 6.07) is 73.1. The van der Waals surface area contributed by atoms with Crippen LogP contribution in [0.3, 0.4) is 0 Å². The smallest absolute Gasteiger partial charge is 0.136 e. The summed E-state index contributed by atoms with van der Waals surface area (Å²) in [5.74, 6) is 0. The van der Waals surface area contributed by atoms with Gasteiger partial charge in [0.2, 0.25) is 0 Å². The fraction of sp³-hybridized carbons (Fsp3) is 0.0526. The molecular formula is C57H39NO. The largest absolute Gasteiger partial charge is 0.456 e. The molecule has 0 fully saturated rings. The Kier molecular flexibility index (Phi) is 7.31. The monoisotopic (exact) mass is 753 g/mol. The molecule has 0 N–H and O–H groups in total. The van der Waals surface area contributed by atoms with Crippen molar-refractivity contribution in [2.24, 2.45) is 0 Å². The van der Waals surface area contributed by atoms with Crippen LogP contribution in [0.4, 0.5) is 17.1 Å². The van der Waals surface area contributed by atoms with E-state index in [0.717, 1.165) is 33.6 Å². The number of benzene rings is 10. The highest BCUT2D eigenvalue weighted by atomic mass is 16.3. The summed E-state index contributed by atoms with van der Waals surface area (Å²) in [5.41, 5.74) is 15.3. The lowest BCUT2D eigenvalue weighted by Crippen LogP contribution is -2.16. The van der Waals surface area contributed by atoms with Gasteiger partial charge in [-0.15, -0.1) is 0 Å². The summed E-state index contributed by atoms with van der Waals surface area (Å²) >= 11 is 0. The van der Waals surface area contributed by atoms with Crippen molar-refractivity contribution in [3.8, 4) is 33.4 Å². The first-order valence-electron chi connectivity index (χ1n) is 20.5. The van der Waals surface area contributed by atoms with Gasteiger partial charge in [0.15, 0.2) is 0 Å². The van der Waals surface area contributed by atoms with Crippen LogP contribution in [0.2, 0.25) is 0 Å². The minimum absolute atomic E-state index is 0.117. The third-order valence-corrected chi connectivity index (χ3v) is 12.9. The number of hydrogen-bond donors (Lipinski definition) is 0. The van der Waals surface area contributed by atoms with Crippen LogP contribution in [0.25, 0.3) is 87.6 Å². The van der Waals surface area contributed by atoms with Gasteiger partial charge < -0.3 is 9.32 Å². The second-order valence-electron chi connectivity index (χ2n) is 16.4. The molecule has 0 amide bonds. The second-order valence-corrected chi connectivity index (χ2v) is 16.4. The van der Waals surface area contributed by atoms with Gasteiger partial charge in [-0.3, -0.25) is 0 Å². The molecule has 2 nitrogen and oxygen atoms in total. The summed E-state index contributed by atoms with van der Waals surface area (Å²) in [6.07, 6.45) is 0. The van der Waals surface area contributed by atoms with Crippen molar-refractivity contribution in [2.45, 2.75) is 19.3 Å². The average Bonchev–Trinajstić information content (AvgIpc) is 3.79. The van der Waals surface area contributed by atoms with Crippen LogP contribution in [-0.2, 0) is 5.41 Å². The Balaban J connectivity index is 1.05. The van der Waals surface area contributed by atoms with E-state index in [0.29, 0.717) is 0 Å². The Morgan fingerprint density at radius 2 is 0.932 bits per heavy atom. The van der Waals surface area contributed by atoms with E-state index in [-0.39, 0.29) is 5.41 Å². The highest BCUT2D eigenvalue weighted by Crippen LogP contribution is 2.52. The molecule has 1 aliphatic carbocycles. The molecule has 0 atom stereocenters. The van der Waals surface area contributed by atoms with Gasteiger partial charge in [-0.2, -0.15) is 0 Å². The SMILES string of the molecule is CC1(C)c2ccccc2-c2ccc(N(c3ccc(-c4cccc5c6ccc7oc8ccccc8c7c6c6ccccc6c45)cc3)c3ccccc3-c3ccccc3)cc21. The lowest BCUT2D eigenvalue weighted by molar-refractivity contribution is 0.660. The summed E-state index contributed by atoms with van der Waals surface area (Å²) in [5, 5.41) is 9.81. The molecule has 2 heteroatoms. The summed E-state index contributed by atoms with van der Waals surface area (Å²) in [6.45, 7) is 4.71. The fourth-order valence-corrected chi connectivity index (χ4v) is 10.1. The first-order chi connectivity index (χ1) is 29.0. The molecule has 0 saturated carbocycles. The molecule has 0 aliphatic heterocycles. The Hall–Kier alpha value is -7.42. The van der Waals surface area contributed by atoms with E-state index in [4.69, 9.17) is 4.42 Å². The first kappa shape index (κ1) is 33.7. The van der Waals surface area contributed by atoms with E-state index < -0.39 is 0 Å². The zero-order valence-corrected chi connectivity index (χ0v) is 32.9. The van der Waals surface area contributed by atoms with Gasteiger partial charge in [-0.1, -0.05) is 166 Å². The van der Waals surface area contributed by atoms with Gasteiger partial charge in [0.1, 0.15) is 11.2 Å². The molecule has 278 valence electrons. The van der Waals surface area contributed by atoms with Crippen LogP contribution < -0.4 is 4.90 Å². The number of nitrogens with zero attached hydrogens (tertiary/aromatic N) is 1. The molecule has 12 rings (SSSR count). The van der Waals surface area contributed by atoms with E-state index >= 15 is 0 Å². The average molecular weight is 754 g/mol. The molecule has 10 aromatic carbocycles. The van der Waals surface area contributed by atoms with Gasteiger partial charge in [0.25, 0.3) is 0 Å². The van der Waals surface area contributed by atoms with Gasteiger partial charge >= 0.3 is 0 Å². The van der Waals surface area contributed by atoms with E-state index in [1.807, 2.05) is 6.07 Å². The van der Waals surface area contributed by atoms with Crippen LogP contribution in [0.5, 0.6) is 0 Å². The van der Waals surface area contributed by atoms with Crippen molar-refractivity contribution in [1.82, 2.24) is 0 Å². The lowest BCUT2D eigenvalue weighted by atomic mass is 9.82. The Morgan fingerprint density at radius 3 is 1.75 bits per heavy atom. The molecule has 1 aliphatic rings. The lowest BCUT2D eigenvalue weighted by Gasteiger charge is -2.30. The Bertz CT molecular complexity index is 3430. The maximum absolute atomic E-state index is 6.38. The number of hydrogen-bond acceptors (Lipinski definition) is 2. The van der Waals surface area contributed by atoms with Crippen molar-refractivity contribution in [3.05, 3.63) is 211 Å². The molecule has 0 saturated heterocycles. The highest BCUT2D eigenvalue weighted by molar-refractivity contribution is 6.36. The quantitative estimate of drug-likeness (QED) is 0.163. The molecule has 0 radical (unpaired) electrons. The number of rotatable bonds is 5. The van der Waals surface area contributed by atoms with Crippen molar-refractivity contribution < 1.29 is 4.42 Å². The predicted molar refractivity (Wildman–Crippen MR) is 249 cm³/mol. The second kappa shape index (κ2) is 12.8. The summed E-state index contributed by atoms with van der Waals surface area (Å²) in [4.78, 5) is 2.44. The van der Waals surface area contributed by atoms with Gasteiger partial charge in [-0.05, 0) is 114 Å². The molecule has 0 unspecified atom stereocenters.